The van der Waals surface area contributed by atoms with E-state index in [1.54, 1.807) is 11.0 Å². The Morgan fingerprint density at radius 2 is 2.10 bits per heavy atom. The lowest BCUT2D eigenvalue weighted by atomic mass is 9.97. The van der Waals surface area contributed by atoms with Crippen LogP contribution in [0.1, 0.15) is 32.7 Å². The summed E-state index contributed by atoms with van der Waals surface area (Å²) in [4.78, 5) is 30.0. The molecule has 7 nitrogen and oxygen atoms in total. The van der Waals surface area contributed by atoms with Crippen LogP contribution in [0.3, 0.4) is 0 Å². The minimum Gasteiger partial charge on any atom is -0.485 e. The second kappa shape index (κ2) is 7.82. The number of carbonyl (C=O) groups excluding carboxylic acids is 1. The van der Waals surface area contributed by atoms with Crippen molar-refractivity contribution in [3.05, 3.63) is 61.5 Å². The molecule has 154 valence electrons. The number of aromatic amines is 1. The van der Waals surface area contributed by atoms with Crippen molar-refractivity contribution >= 4 is 17.5 Å². The lowest BCUT2D eigenvalue weighted by Gasteiger charge is -2.30. The highest BCUT2D eigenvalue weighted by atomic mass is 35.5. The van der Waals surface area contributed by atoms with Gasteiger partial charge < -0.3 is 25.1 Å². The van der Waals surface area contributed by atoms with Gasteiger partial charge in [-0.05, 0) is 43.5 Å². The van der Waals surface area contributed by atoms with Crippen molar-refractivity contribution in [3.8, 4) is 5.75 Å². The molecule has 1 fully saturated rings. The average Bonchev–Trinajstić information content (AvgIpc) is 3.06. The van der Waals surface area contributed by atoms with Gasteiger partial charge in [-0.2, -0.15) is 0 Å². The fourth-order valence-corrected chi connectivity index (χ4v) is 4.21. The van der Waals surface area contributed by atoms with Gasteiger partial charge in [-0.3, -0.25) is 9.59 Å². The van der Waals surface area contributed by atoms with Gasteiger partial charge in [-0.25, -0.2) is 0 Å². The number of halogens is 1. The van der Waals surface area contributed by atoms with Gasteiger partial charge in [-0.15, -0.1) is 0 Å². The van der Waals surface area contributed by atoms with Crippen LogP contribution in [0.25, 0.3) is 0 Å². The fourth-order valence-electron chi connectivity index (χ4n) is 3.90. The number of aromatic nitrogens is 1. The van der Waals surface area contributed by atoms with Crippen LogP contribution < -0.4 is 16.0 Å². The first-order chi connectivity index (χ1) is 13.8. The summed E-state index contributed by atoms with van der Waals surface area (Å²) in [6, 6.07) is 5.33. The standard InChI is InChI=1S/C21H24ClN3O4/c1-11-7-12(2)24-20(26)14(11)8-25-6-5-13-3-4-16(19(22)18(13)21(25)27)29-17-10-28-9-15(17)23/h3-4,7,15,17H,5-6,8-10,23H2,1-2H3,(H,24,26)/t15-,17-/m1/s1. The van der Waals surface area contributed by atoms with Gasteiger partial charge in [0.1, 0.15) is 11.9 Å². The molecule has 8 heteroatoms. The molecular formula is C21H24ClN3O4. The summed E-state index contributed by atoms with van der Waals surface area (Å²) in [6.07, 6.45) is 0.366. The van der Waals surface area contributed by atoms with Gasteiger partial charge >= 0.3 is 0 Å². The molecule has 0 aliphatic carbocycles. The Morgan fingerprint density at radius 3 is 2.79 bits per heavy atom. The van der Waals surface area contributed by atoms with Crippen LogP contribution in [0.15, 0.2) is 23.0 Å². The molecule has 3 heterocycles. The number of aryl methyl sites for hydroxylation is 2. The van der Waals surface area contributed by atoms with Crippen molar-refractivity contribution in [1.29, 1.82) is 0 Å². The number of rotatable bonds is 4. The molecule has 1 aromatic carbocycles. The number of pyridine rings is 1. The topological polar surface area (TPSA) is 97.6 Å². The molecule has 0 saturated carbocycles. The Kier molecular flexibility index (Phi) is 5.38. The number of fused-ring (bicyclic) bond motifs is 1. The van der Waals surface area contributed by atoms with Crippen LogP contribution >= 0.6 is 11.6 Å². The highest BCUT2D eigenvalue weighted by molar-refractivity contribution is 6.35. The zero-order chi connectivity index (χ0) is 20.7. The third-order valence-corrected chi connectivity index (χ3v) is 5.91. The molecule has 1 aromatic heterocycles. The molecule has 2 aliphatic heterocycles. The highest BCUT2D eigenvalue weighted by Gasteiger charge is 2.32. The van der Waals surface area contributed by atoms with Gasteiger partial charge in [0.25, 0.3) is 11.5 Å². The molecule has 3 N–H and O–H groups in total. The van der Waals surface area contributed by atoms with Crippen LogP contribution in [0.5, 0.6) is 5.75 Å². The monoisotopic (exact) mass is 417 g/mol. The smallest absolute Gasteiger partial charge is 0.256 e. The number of nitrogens with two attached hydrogens (primary N) is 1. The third-order valence-electron chi connectivity index (χ3n) is 5.54. The number of carbonyl (C=O) groups is 1. The van der Waals surface area contributed by atoms with Crippen molar-refractivity contribution in [2.75, 3.05) is 19.8 Å². The molecule has 2 aromatic rings. The zero-order valence-corrected chi connectivity index (χ0v) is 17.2. The summed E-state index contributed by atoms with van der Waals surface area (Å²) in [5.74, 6) is 0.226. The molecule has 2 atom stereocenters. The van der Waals surface area contributed by atoms with Crippen LogP contribution in [0.4, 0.5) is 0 Å². The van der Waals surface area contributed by atoms with Gasteiger partial charge in [0, 0.05) is 17.8 Å². The number of nitrogens with zero attached hydrogens (tertiary/aromatic N) is 1. The molecule has 0 spiro atoms. The summed E-state index contributed by atoms with van der Waals surface area (Å²) in [5, 5.41) is 0.283. The lowest BCUT2D eigenvalue weighted by molar-refractivity contribution is 0.0725. The first kappa shape index (κ1) is 19.9. The Bertz CT molecular complexity index is 1020. The quantitative estimate of drug-likeness (QED) is 0.792. The molecule has 29 heavy (non-hydrogen) atoms. The predicted molar refractivity (Wildman–Crippen MR) is 110 cm³/mol. The van der Waals surface area contributed by atoms with Crippen LogP contribution in [0, 0.1) is 13.8 Å². The van der Waals surface area contributed by atoms with E-state index in [1.165, 1.54) is 0 Å². The first-order valence-corrected chi connectivity index (χ1v) is 10.0. The zero-order valence-electron chi connectivity index (χ0n) is 16.5. The maximum atomic E-state index is 13.2. The Hall–Kier alpha value is -2.35. The highest BCUT2D eigenvalue weighted by Crippen LogP contribution is 2.35. The van der Waals surface area contributed by atoms with Crippen LogP contribution in [-0.2, 0) is 17.7 Å². The van der Waals surface area contributed by atoms with Gasteiger partial charge in [0.2, 0.25) is 0 Å². The summed E-state index contributed by atoms with van der Waals surface area (Å²) in [7, 11) is 0. The molecular weight excluding hydrogens is 394 g/mol. The molecule has 4 rings (SSSR count). The molecule has 0 bridgehead atoms. The average molecular weight is 418 g/mol. The van der Waals surface area contributed by atoms with E-state index in [4.69, 9.17) is 26.8 Å². The minimum atomic E-state index is -0.297. The van der Waals surface area contributed by atoms with Crippen LogP contribution in [0.2, 0.25) is 5.02 Å². The molecule has 1 saturated heterocycles. The van der Waals surface area contributed by atoms with Crippen molar-refractivity contribution in [3.63, 3.8) is 0 Å². The van der Waals surface area contributed by atoms with Gasteiger partial charge in [0.15, 0.2) is 0 Å². The van der Waals surface area contributed by atoms with E-state index in [0.29, 0.717) is 43.1 Å². The van der Waals surface area contributed by atoms with E-state index in [1.807, 2.05) is 26.0 Å². The van der Waals surface area contributed by atoms with E-state index in [9.17, 15) is 9.59 Å². The maximum absolute atomic E-state index is 13.2. The minimum absolute atomic E-state index is 0.167. The van der Waals surface area contributed by atoms with E-state index in [0.717, 1.165) is 16.8 Å². The number of benzene rings is 1. The summed E-state index contributed by atoms with van der Waals surface area (Å²) in [5.41, 5.74) is 9.38. The van der Waals surface area contributed by atoms with Gasteiger partial charge in [0.05, 0.1) is 36.4 Å². The third kappa shape index (κ3) is 3.77. The van der Waals surface area contributed by atoms with Crippen molar-refractivity contribution in [2.24, 2.45) is 5.73 Å². The maximum Gasteiger partial charge on any atom is 0.256 e. The van der Waals surface area contributed by atoms with E-state index >= 15 is 0 Å². The second-order valence-corrected chi connectivity index (χ2v) is 8.07. The van der Waals surface area contributed by atoms with Crippen molar-refractivity contribution in [2.45, 2.75) is 39.0 Å². The summed E-state index contributed by atoms with van der Waals surface area (Å²) in [6.45, 7) is 5.31. The number of hydrogen-bond donors (Lipinski definition) is 2. The molecule has 2 aliphatic rings. The number of ether oxygens (including phenoxy) is 2. The Morgan fingerprint density at radius 1 is 1.31 bits per heavy atom. The molecule has 0 radical (unpaired) electrons. The second-order valence-electron chi connectivity index (χ2n) is 7.69. The van der Waals surface area contributed by atoms with E-state index in [2.05, 4.69) is 4.98 Å². The largest absolute Gasteiger partial charge is 0.485 e. The molecule has 1 amide bonds. The SMILES string of the molecule is Cc1cc(C)c(CN2CCc3ccc(O[C@@H]4COC[C@H]4N)c(Cl)c3C2=O)c(=O)[nH]1. The predicted octanol–water partition coefficient (Wildman–Crippen LogP) is 1.95. The summed E-state index contributed by atoms with van der Waals surface area (Å²) < 4.78 is 11.3. The Balaban J connectivity index is 1.61. The normalized spacial score (nSPS) is 21.4. The van der Waals surface area contributed by atoms with Crippen molar-refractivity contribution in [1.82, 2.24) is 9.88 Å². The first-order valence-electron chi connectivity index (χ1n) is 9.65. The number of amides is 1. The van der Waals surface area contributed by atoms with E-state index in [-0.39, 0.29) is 35.2 Å². The lowest BCUT2D eigenvalue weighted by Crippen LogP contribution is -2.39. The Labute approximate surface area is 173 Å². The molecule has 0 unspecified atom stereocenters. The van der Waals surface area contributed by atoms with Crippen molar-refractivity contribution < 1.29 is 14.3 Å². The van der Waals surface area contributed by atoms with E-state index < -0.39 is 0 Å². The number of nitrogens with one attached hydrogen (secondary N) is 1. The fraction of sp³-hybridized carbons (Fsp3) is 0.429. The number of H-pyrrole nitrogens is 1. The van der Waals surface area contributed by atoms with Gasteiger partial charge in [-0.1, -0.05) is 17.7 Å². The number of hydrogen-bond acceptors (Lipinski definition) is 5. The van der Waals surface area contributed by atoms with Crippen LogP contribution in [-0.4, -0.2) is 47.7 Å². The summed E-state index contributed by atoms with van der Waals surface area (Å²) >= 11 is 6.58.